The first-order valence-corrected chi connectivity index (χ1v) is 10.3. The first-order chi connectivity index (χ1) is 15.1. The second-order valence-electron chi connectivity index (χ2n) is 9.28. The van der Waals surface area contributed by atoms with Gasteiger partial charge in [-0.1, -0.05) is 25.9 Å². The van der Waals surface area contributed by atoms with Gasteiger partial charge in [-0.15, -0.1) is 0 Å². The smallest absolute Gasteiger partial charge is 0.333 e. The first-order valence-electron chi connectivity index (χ1n) is 10.3. The molecule has 3 amide bonds. The van der Waals surface area contributed by atoms with Crippen LogP contribution in [0.5, 0.6) is 0 Å². The van der Waals surface area contributed by atoms with Gasteiger partial charge in [-0.25, -0.2) is 14.7 Å². The first kappa shape index (κ1) is 21.5. The van der Waals surface area contributed by atoms with Gasteiger partial charge in [-0.05, 0) is 43.7 Å². The lowest BCUT2D eigenvalue weighted by Gasteiger charge is -2.27. The van der Waals surface area contributed by atoms with Crippen molar-refractivity contribution in [2.45, 2.75) is 52.1 Å². The van der Waals surface area contributed by atoms with E-state index in [4.69, 9.17) is 4.52 Å². The van der Waals surface area contributed by atoms with Crippen molar-refractivity contribution in [1.82, 2.24) is 20.0 Å². The van der Waals surface area contributed by atoms with Crippen LogP contribution in [0.1, 0.15) is 45.9 Å². The van der Waals surface area contributed by atoms with Crippen LogP contribution in [-0.2, 0) is 16.8 Å². The minimum atomic E-state index is -1.04. The molecular formula is C23H26N6O3. The fraction of sp³-hybridized carbons (Fsp3) is 0.348. The third-order valence-electron chi connectivity index (χ3n) is 5.41. The van der Waals surface area contributed by atoms with E-state index >= 15 is 0 Å². The Bertz CT molecular complexity index is 1150. The van der Waals surface area contributed by atoms with Crippen LogP contribution in [-0.4, -0.2) is 37.5 Å². The monoisotopic (exact) mass is 434 g/mol. The minimum Gasteiger partial charge on any atom is -0.359 e. The van der Waals surface area contributed by atoms with Crippen molar-refractivity contribution in [1.29, 1.82) is 0 Å². The van der Waals surface area contributed by atoms with E-state index in [1.807, 2.05) is 45.0 Å². The summed E-state index contributed by atoms with van der Waals surface area (Å²) in [7, 11) is 0. The molecule has 9 heteroatoms. The standard InChI is InChI=1S/C23H26N6O3/c1-22(2,3)17-13-19(27-32-17)29-20(30)23(4,5)28(21(29)31)14-15-6-11-25-18(12-15)26-16-7-9-24-10-8-16/h6-13H,14H2,1-5H3,(H,24,25,26). The Morgan fingerprint density at radius 1 is 1.06 bits per heavy atom. The molecule has 166 valence electrons. The summed E-state index contributed by atoms with van der Waals surface area (Å²) >= 11 is 0. The molecule has 9 nitrogen and oxygen atoms in total. The van der Waals surface area contributed by atoms with E-state index in [1.54, 1.807) is 38.5 Å². The van der Waals surface area contributed by atoms with Crippen LogP contribution in [0.25, 0.3) is 0 Å². The number of aromatic nitrogens is 3. The summed E-state index contributed by atoms with van der Waals surface area (Å²) in [5.74, 6) is 1.09. The summed E-state index contributed by atoms with van der Waals surface area (Å²) < 4.78 is 5.40. The van der Waals surface area contributed by atoms with Gasteiger partial charge in [-0.2, -0.15) is 0 Å². The van der Waals surface area contributed by atoms with Crippen LogP contribution >= 0.6 is 0 Å². The molecule has 0 aromatic carbocycles. The molecule has 0 aliphatic carbocycles. The summed E-state index contributed by atoms with van der Waals surface area (Å²) in [6.45, 7) is 9.63. The Balaban J connectivity index is 1.58. The third-order valence-corrected chi connectivity index (χ3v) is 5.41. The summed E-state index contributed by atoms with van der Waals surface area (Å²) in [5, 5.41) is 7.20. The fourth-order valence-electron chi connectivity index (χ4n) is 3.43. The van der Waals surface area contributed by atoms with Crippen LogP contribution in [0.4, 0.5) is 22.1 Å². The second kappa shape index (κ2) is 7.74. The van der Waals surface area contributed by atoms with Crippen molar-refractivity contribution in [2.75, 3.05) is 10.2 Å². The number of urea groups is 1. The quantitative estimate of drug-likeness (QED) is 0.599. The van der Waals surface area contributed by atoms with Crippen LogP contribution in [0.3, 0.4) is 0 Å². The van der Waals surface area contributed by atoms with E-state index in [9.17, 15) is 9.59 Å². The molecule has 1 fully saturated rings. The molecule has 4 rings (SSSR count). The topological polar surface area (TPSA) is 104 Å². The number of rotatable bonds is 5. The minimum absolute atomic E-state index is 0.204. The van der Waals surface area contributed by atoms with Gasteiger partial charge in [0.1, 0.15) is 17.1 Å². The highest BCUT2D eigenvalue weighted by atomic mass is 16.5. The zero-order valence-electron chi connectivity index (χ0n) is 18.8. The molecule has 0 saturated carbocycles. The molecule has 0 spiro atoms. The van der Waals surface area contributed by atoms with Crippen LogP contribution in [0.15, 0.2) is 53.4 Å². The van der Waals surface area contributed by atoms with Crippen molar-refractivity contribution in [3.8, 4) is 0 Å². The van der Waals surface area contributed by atoms with E-state index in [-0.39, 0.29) is 23.7 Å². The van der Waals surface area contributed by atoms with Crippen LogP contribution < -0.4 is 10.2 Å². The summed E-state index contributed by atoms with van der Waals surface area (Å²) in [6.07, 6.45) is 5.04. The van der Waals surface area contributed by atoms with Gasteiger partial charge in [0.05, 0.1) is 0 Å². The number of hydrogen-bond acceptors (Lipinski definition) is 7. The molecule has 0 unspecified atom stereocenters. The van der Waals surface area contributed by atoms with Crippen molar-refractivity contribution in [2.24, 2.45) is 0 Å². The van der Waals surface area contributed by atoms with Gasteiger partial charge in [0.2, 0.25) is 0 Å². The number of pyridine rings is 2. The lowest BCUT2D eigenvalue weighted by molar-refractivity contribution is -0.123. The normalized spacial score (nSPS) is 16.0. The van der Waals surface area contributed by atoms with E-state index < -0.39 is 11.6 Å². The molecule has 32 heavy (non-hydrogen) atoms. The molecule has 1 N–H and O–H groups in total. The number of carbonyl (C=O) groups is 2. The summed E-state index contributed by atoms with van der Waals surface area (Å²) in [6, 6.07) is 8.56. The van der Waals surface area contributed by atoms with Gasteiger partial charge in [0.25, 0.3) is 5.91 Å². The maximum atomic E-state index is 13.3. The van der Waals surface area contributed by atoms with Crippen molar-refractivity contribution in [3.63, 3.8) is 0 Å². The molecule has 1 aliphatic rings. The van der Waals surface area contributed by atoms with Crippen molar-refractivity contribution in [3.05, 3.63) is 60.2 Å². The van der Waals surface area contributed by atoms with E-state index in [1.165, 1.54) is 4.90 Å². The third kappa shape index (κ3) is 3.93. The predicted molar refractivity (Wildman–Crippen MR) is 119 cm³/mol. The SMILES string of the molecule is CC(C)(C)c1cc(N2C(=O)N(Cc3ccnc(Nc4ccncc4)c3)C(C)(C)C2=O)no1. The van der Waals surface area contributed by atoms with Gasteiger partial charge in [0.15, 0.2) is 5.82 Å². The number of nitrogens with one attached hydrogen (secondary N) is 1. The van der Waals surface area contributed by atoms with Crippen LogP contribution in [0, 0.1) is 0 Å². The van der Waals surface area contributed by atoms with Gasteiger partial charge in [0, 0.05) is 42.3 Å². The lowest BCUT2D eigenvalue weighted by atomic mass is 9.93. The molecular weight excluding hydrogens is 408 g/mol. The molecule has 0 radical (unpaired) electrons. The number of hydrogen-bond donors (Lipinski definition) is 1. The number of imide groups is 1. The predicted octanol–water partition coefficient (Wildman–Crippen LogP) is 4.25. The highest BCUT2D eigenvalue weighted by Crippen LogP contribution is 2.35. The molecule has 1 saturated heterocycles. The van der Waals surface area contributed by atoms with Gasteiger partial charge < -0.3 is 14.7 Å². The molecule has 0 bridgehead atoms. The molecule has 4 heterocycles. The number of carbonyl (C=O) groups excluding carboxylic acids is 2. The van der Waals surface area contributed by atoms with Crippen LogP contribution in [0.2, 0.25) is 0 Å². The number of amides is 3. The Kier molecular flexibility index (Phi) is 5.20. The number of anilines is 3. The summed E-state index contributed by atoms with van der Waals surface area (Å²) in [4.78, 5) is 37.4. The molecule has 0 atom stereocenters. The average molecular weight is 435 g/mol. The highest BCUT2D eigenvalue weighted by molar-refractivity contribution is 6.22. The van der Waals surface area contributed by atoms with Crippen molar-refractivity contribution >= 4 is 29.3 Å². The lowest BCUT2D eigenvalue weighted by Crippen LogP contribution is -2.43. The zero-order chi connectivity index (χ0) is 23.1. The Morgan fingerprint density at radius 3 is 2.44 bits per heavy atom. The zero-order valence-corrected chi connectivity index (χ0v) is 18.8. The molecule has 1 aliphatic heterocycles. The fourth-order valence-corrected chi connectivity index (χ4v) is 3.43. The Morgan fingerprint density at radius 2 is 1.78 bits per heavy atom. The Hall–Kier alpha value is -3.75. The maximum Gasteiger partial charge on any atom is 0.333 e. The summed E-state index contributed by atoms with van der Waals surface area (Å²) in [5.41, 5.74) is 0.356. The second-order valence-corrected chi connectivity index (χ2v) is 9.28. The van der Waals surface area contributed by atoms with Gasteiger partial charge in [-0.3, -0.25) is 9.78 Å². The van der Waals surface area contributed by atoms with Crippen molar-refractivity contribution < 1.29 is 14.1 Å². The Labute approximate surface area is 186 Å². The largest absolute Gasteiger partial charge is 0.359 e. The van der Waals surface area contributed by atoms with E-state index in [2.05, 4.69) is 20.4 Å². The number of nitrogens with zero attached hydrogens (tertiary/aromatic N) is 5. The van der Waals surface area contributed by atoms with E-state index in [0.29, 0.717) is 11.6 Å². The van der Waals surface area contributed by atoms with E-state index in [0.717, 1.165) is 16.2 Å². The average Bonchev–Trinajstić information content (AvgIpc) is 3.28. The highest BCUT2D eigenvalue weighted by Gasteiger charge is 2.52. The molecule has 3 aromatic heterocycles. The molecule has 3 aromatic rings. The van der Waals surface area contributed by atoms with Gasteiger partial charge >= 0.3 is 6.03 Å². The maximum absolute atomic E-state index is 13.3.